The Balaban J connectivity index is 2.40. The Morgan fingerprint density at radius 3 is 2.42 bits per heavy atom. The van der Waals surface area contributed by atoms with E-state index in [0.29, 0.717) is 11.3 Å². The summed E-state index contributed by atoms with van der Waals surface area (Å²) in [6.45, 7) is -0.530. The topological polar surface area (TPSA) is 58.6 Å². The molecule has 1 rings (SSSR count). The summed E-state index contributed by atoms with van der Waals surface area (Å²) in [7, 11) is 0. The van der Waals surface area contributed by atoms with E-state index in [-0.39, 0.29) is 0 Å². The standard InChI is InChI=1S/C12H14F3NO3/c1-8(17)9-2-4-10(5-3-9)16-11(18)6-19-7-12(13,14)15/h2-5,8,17H,6-7H2,1H3,(H,16,18). The number of benzene rings is 1. The van der Waals surface area contributed by atoms with Crippen molar-refractivity contribution in [3.05, 3.63) is 29.8 Å². The van der Waals surface area contributed by atoms with E-state index in [1.807, 2.05) is 0 Å². The van der Waals surface area contributed by atoms with Gasteiger partial charge in [-0.3, -0.25) is 4.79 Å². The fraction of sp³-hybridized carbons (Fsp3) is 0.417. The lowest BCUT2D eigenvalue weighted by Gasteiger charge is -2.09. The Morgan fingerprint density at radius 1 is 1.37 bits per heavy atom. The van der Waals surface area contributed by atoms with Crippen molar-refractivity contribution >= 4 is 11.6 Å². The second-order valence-electron chi connectivity index (χ2n) is 3.95. The Morgan fingerprint density at radius 2 is 1.95 bits per heavy atom. The summed E-state index contributed by atoms with van der Waals surface area (Å²) in [6.07, 6.45) is -5.07. The quantitative estimate of drug-likeness (QED) is 0.868. The van der Waals surface area contributed by atoms with Gasteiger partial charge in [-0.15, -0.1) is 0 Å². The van der Waals surface area contributed by atoms with Gasteiger partial charge in [0.1, 0.15) is 13.2 Å². The van der Waals surface area contributed by atoms with Gasteiger partial charge in [-0.05, 0) is 24.6 Å². The zero-order valence-corrected chi connectivity index (χ0v) is 10.2. The van der Waals surface area contributed by atoms with Crippen molar-refractivity contribution in [1.29, 1.82) is 0 Å². The van der Waals surface area contributed by atoms with Gasteiger partial charge in [0, 0.05) is 5.69 Å². The molecule has 1 amide bonds. The van der Waals surface area contributed by atoms with Gasteiger partial charge in [-0.1, -0.05) is 12.1 Å². The lowest BCUT2D eigenvalue weighted by Crippen LogP contribution is -2.23. The van der Waals surface area contributed by atoms with Crippen LogP contribution in [0, 0.1) is 0 Å². The molecule has 1 aromatic rings. The molecule has 4 nitrogen and oxygen atoms in total. The highest BCUT2D eigenvalue weighted by atomic mass is 19.4. The van der Waals surface area contributed by atoms with Crippen molar-refractivity contribution in [2.24, 2.45) is 0 Å². The van der Waals surface area contributed by atoms with Crippen molar-refractivity contribution in [1.82, 2.24) is 0 Å². The monoisotopic (exact) mass is 277 g/mol. The van der Waals surface area contributed by atoms with Gasteiger partial charge >= 0.3 is 6.18 Å². The zero-order chi connectivity index (χ0) is 14.5. The third kappa shape index (κ3) is 6.21. The lowest BCUT2D eigenvalue weighted by molar-refractivity contribution is -0.174. The molecule has 0 spiro atoms. The van der Waals surface area contributed by atoms with Crippen LogP contribution in [0.4, 0.5) is 18.9 Å². The number of aliphatic hydroxyl groups is 1. The average Bonchev–Trinajstić information content (AvgIpc) is 2.27. The highest BCUT2D eigenvalue weighted by molar-refractivity contribution is 5.91. The van der Waals surface area contributed by atoms with Crippen LogP contribution in [-0.4, -0.2) is 30.4 Å². The van der Waals surface area contributed by atoms with E-state index in [4.69, 9.17) is 0 Å². The summed E-state index contributed by atoms with van der Waals surface area (Å²) in [5.74, 6) is -0.672. The number of hydrogen-bond donors (Lipinski definition) is 2. The smallest absolute Gasteiger partial charge is 0.389 e. The van der Waals surface area contributed by atoms with Crippen molar-refractivity contribution in [2.75, 3.05) is 18.5 Å². The largest absolute Gasteiger partial charge is 0.411 e. The van der Waals surface area contributed by atoms with Crippen molar-refractivity contribution in [3.63, 3.8) is 0 Å². The molecule has 0 aromatic heterocycles. The van der Waals surface area contributed by atoms with E-state index in [0.717, 1.165) is 0 Å². The number of rotatable bonds is 5. The number of nitrogens with one attached hydrogen (secondary N) is 1. The summed E-state index contributed by atoms with van der Waals surface area (Å²) >= 11 is 0. The van der Waals surface area contributed by atoms with E-state index in [1.54, 1.807) is 31.2 Å². The van der Waals surface area contributed by atoms with Gasteiger partial charge in [0.15, 0.2) is 0 Å². The summed E-state index contributed by atoms with van der Waals surface area (Å²) in [5, 5.41) is 11.7. The molecule has 0 aliphatic rings. The maximum atomic E-state index is 11.8. The van der Waals surface area contributed by atoms with Gasteiger partial charge in [-0.25, -0.2) is 0 Å². The number of alkyl halides is 3. The van der Waals surface area contributed by atoms with E-state index >= 15 is 0 Å². The molecule has 0 saturated heterocycles. The molecule has 1 unspecified atom stereocenters. The molecule has 1 aromatic carbocycles. The molecule has 0 bridgehead atoms. The van der Waals surface area contributed by atoms with Crippen LogP contribution in [0.3, 0.4) is 0 Å². The summed E-state index contributed by atoms with van der Waals surface area (Å²) in [6, 6.07) is 6.31. The Bertz CT molecular complexity index is 415. The number of halogens is 3. The molecule has 0 saturated carbocycles. The second-order valence-corrected chi connectivity index (χ2v) is 3.95. The lowest BCUT2D eigenvalue weighted by atomic mass is 10.1. The number of carbonyl (C=O) groups is 1. The van der Waals surface area contributed by atoms with Crippen molar-refractivity contribution in [3.8, 4) is 0 Å². The molecule has 106 valence electrons. The maximum absolute atomic E-state index is 11.8. The molecule has 1 atom stereocenters. The highest BCUT2D eigenvalue weighted by Gasteiger charge is 2.27. The highest BCUT2D eigenvalue weighted by Crippen LogP contribution is 2.16. The van der Waals surface area contributed by atoms with Gasteiger partial charge in [0.05, 0.1) is 6.10 Å². The SMILES string of the molecule is CC(O)c1ccc(NC(=O)COCC(F)(F)F)cc1. The van der Waals surface area contributed by atoms with E-state index in [1.165, 1.54) is 0 Å². The van der Waals surface area contributed by atoms with E-state index in [9.17, 15) is 23.1 Å². The first-order chi connectivity index (χ1) is 8.78. The van der Waals surface area contributed by atoms with E-state index < -0.39 is 31.4 Å². The third-order valence-electron chi connectivity index (χ3n) is 2.18. The van der Waals surface area contributed by atoms with Gasteiger partial charge in [0.25, 0.3) is 0 Å². The molecule has 0 heterocycles. The van der Waals surface area contributed by atoms with Crippen LogP contribution in [0.1, 0.15) is 18.6 Å². The van der Waals surface area contributed by atoms with Crippen LogP contribution in [-0.2, 0) is 9.53 Å². The zero-order valence-electron chi connectivity index (χ0n) is 10.2. The minimum absolute atomic E-state index is 0.421. The van der Waals surface area contributed by atoms with Gasteiger partial charge in [-0.2, -0.15) is 13.2 Å². The number of aliphatic hydroxyl groups excluding tert-OH is 1. The van der Waals surface area contributed by atoms with Crippen LogP contribution >= 0.6 is 0 Å². The van der Waals surface area contributed by atoms with Crippen molar-refractivity contribution < 1.29 is 27.8 Å². The molecular formula is C12H14F3NO3. The predicted molar refractivity (Wildman–Crippen MR) is 62.6 cm³/mol. The number of hydrogen-bond acceptors (Lipinski definition) is 3. The summed E-state index contributed by atoms with van der Waals surface area (Å²) in [5.41, 5.74) is 1.09. The number of anilines is 1. The van der Waals surface area contributed by atoms with Gasteiger partial charge in [0.2, 0.25) is 5.91 Å². The van der Waals surface area contributed by atoms with Crippen LogP contribution in [0.15, 0.2) is 24.3 Å². The first kappa shape index (κ1) is 15.5. The van der Waals surface area contributed by atoms with Crippen LogP contribution in [0.25, 0.3) is 0 Å². The van der Waals surface area contributed by atoms with Crippen molar-refractivity contribution in [2.45, 2.75) is 19.2 Å². The average molecular weight is 277 g/mol. The fourth-order valence-electron chi connectivity index (χ4n) is 1.30. The molecule has 2 N–H and O–H groups in total. The number of carbonyl (C=O) groups excluding carboxylic acids is 1. The first-order valence-corrected chi connectivity index (χ1v) is 5.50. The van der Waals surface area contributed by atoms with Crippen LogP contribution in [0.2, 0.25) is 0 Å². The molecule has 7 heteroatoms. The normalized spacial score (nSPS) is 13.1. The molecule has 19 heavy (non-hydrogen) atoms. The second kappa shape index (κ2) is 6.53. The maximum Gasteiger partial charge on any atom is 0.411 e. The Kier molecular flexibility index (Phi) is 5.31. The van der Waals surface area contributed by atoms with Gasteiger partial charge < -0.3 is 15.2 Å². The molecular weight excluding hydrogens is 263 g/mol. The first-order valence-electron chi connectivity index (χ1n) is 5.50. The van der Waals surface area contributed by atoms with E-state index in [2.05, 4.69) is 10.1 Å². The molecule has 0 fully saturated rings. The number of ether oxygens (including phenoxy) is 1. The fourth-order valence-corrected chi connectivity index (χ4v) is 1.30. The predicted octanol–water partition coefficient (Wildman–Crippen LogP) is 2.26. The third-order valence-corrected chi connectivity index (χ3v) is 2.18. The van der Waals surface area contributed by atoms with Crippen LogP contribution in [0.5, 0.6) is 0 Å². The summed E-state index contributed by atoms with van der Waals surface area (Å²) < 4.78 is 39.5. The van der Waals surface area contributed by atoms with Crippen LogP contribution < -0.4 is 5.32 Å². The molecule has 0 aliphatic heterocycles. The minimum Gasteiger partial charge on any atom is -0.389 e. The Hall–Kier alpha value is -1.60. The molecule has 0 radical (unpaired) electrons. The minimum atomic E-state index is -4.45. The summed E-state index contributed by atoms with van der Waals surface area (Å²) in [4.78, 5) is 11.3. The number of amides is 1. The molecule has 0 aliphatic carbocycles. The Labute approximate surface area is 108 Å².